The summed E-state index contributed by atoms with van der Waals surface area (Å²) in [6, 6.07) is 10.9. The van der Waals surface area contributed by atoms with Crippen LogP contribution in [0.25, 0.3) is 0 Å². The summed E-state index contributed by atoms with van der Waals surface area (Å²) in [5, 5.41) is 17.8. The van der Waals surface area contributed by atoms with E-state index in [4.69, 9.17) is 9.47 Å². The van der Waals surface area contributed by atoms with E-state index >= 15 is 0 Å². The molecule has 0 heterocycles. The standard InChI is InChI=1S/C32H46F2N2O4/c1-30(2,3)22-9-8-10-23(18-22)32(13-11-26(39-7)12-14-32)35-20-28(37)27(36-29(38)40-31(4,5)6)17-21-15-24(33)19-25(34)16-21/h8-10,15-16,18-19,26-28,35,37H,11-14,17,20H2,1-7H3,(H,36,38). The van der Waals surface area contributed by atoms with Crippen LogP contribution in [0.4, 0.5) is 13.6 Å². The van der Waals surface area contributed by atoms with Crippen molar-refractivity contribution in [1.29, 1.82) is 0 Å². The zero-order chi connectivity index (χ0) is 29.7. The van der Waals surface area contributed by atoms with Gasteiger partial charge in [0.2, 0.25) is 0 Å². The van der Waals surface area contributed by atoms with Gasteiger partial charge in [-0.15, -0.1) is 0 Å². The van der Waals surface area contributed by atoms with Gasteiger partial charge in [0.1, 0.15) is 17.2 Å². The lowest BCUT2D eigenvalue weighted by Gasteiger charge is -2.42. The van der Waals surface area contributed by atoms with Crippen LogP contribution in [-0.4, -0.2) is 48.7 Å². The van der Waals surface area contributed by atoms with E-state index in [9.17, 15) is 18.7 Å². The van der Waals surface area contributed by atoms with Crippen LogP contribution in [0, 0.1) is 11.6 Å². The first-order valence-electron chi connectivity index (χ1n) is 14.1. The van der Waals surface area contributed by atoms with E-state index in [0.717, 1.165) is 37.3 Å². The first-order chi connectivity index (χ1) is 18.6. The average Bonchev–Trinajstić information content (AvgIpc) is 2.85. The summed E-state index contributed by atoms with van der Waals surface area (Å²) >= 11 is 0. The first-order valence-corrected chi connectivity index (χ1v) is 14.1. The summed E-state index contributed by atoms with van der Waals surface area (Å²) in [7, 11) is 1.73. The van der Waals surface area contributed by atoms with E-state index in [1.165, 1.54) is 17.7 Å². The molecule has 0 radical (unpaired) electrons. The van der Waals surface area contributed by atoms with Crippen molar-refractivity contribution in [2.45, 2.75) is 108 Å². The van der Waals surface area contributed by atoms with Gasteiger partial charge in [0.15, 0.2) is 0 Å². The fraction of sp³-hybridized carbons (Fsp3) is 0.594. The second-order valence-electron chi connectivity index (χ2n) is 13.0. The number of hydrogen-bond donors (Lipinski definition) is 3. The van der Waals surface area contributed by atoms with Gasteiger partial charge >= 0.3 is 6.09 Å². The van der Waals surface area contributed by atoms with Crippen molar-refractivity contribution in [2.24, 2.45) is 0 Å². The Kier molecular flexibility index (Phi) is 10.4. The van der Waals surface area contributed by atoms with Crippen molar-refractivity contribution in [3.63, 3.8) is 0 Å². The number of alkyl carbamates (subject to hydrolysis) is 1. The number of aliphatic hydroxyl groups excluding tert-OH is 1. The molecule has 2 atom stereocenters. The van der Waals surface area contributed by atoms with Crippen molar-refractivity contribution >= 4 is 6.09 Å². The Hall–Kier alpha value is -2.55. The predicted molar refractivity (Wildman–Crippen MR) is 153 cm³/mol. The van der Waals surface area contributed by atoms with Crippen LogP contribution in [0.3, 0.4) is 0 Å². The molecule has 1 aliphatic carbocycles. The number of benzene rings is 2. The summed E-state index contributed by atoms with van der Waals surface area (Å²) in [4.78, 5) is 12.7. The summed E-state index contributed by atoms with van der Waals surface area (Å²) in [5.74, 6) is -1.43. The molecule has 3 N–H and O–H groups in total. The second kappa shape index (κ2) is 13.0. The molecule has 0 aromatic heterocycles. The molecule has 222 valence electrons. The maximum atomic E-state index is 13.9. The number of rotatable bonds is 9. The topological polar surface area (TPSA) is 79.8 Å². The van der Waals surface area contributed by atoms with Crippen molar-refractivity contribution in [2.75, 3.05) is 13.7 Å². The van der Waals surface area contributed by atoms with E-state index in [1.54, 1.807) is 27.9 Å². The quantitative estimate of drug-likeness (QED) is 0.344. The van der Waals surface area contributed by atoms with Gasteiger partial charge in [-0.3, -0.25) is 0 Å². The zero-order valence-electron chi connectivity index (χ0n) is 24.9. The highest BCUT2D eigenvalue weighted by atomic mass is 19.1. The highest BCUT2D eigenvalue weighted by molar-refractivity contribution is 5.68. The van der Waals surface area contributed by atoms with E-state index < -0.39 is 41.0 Å². The van der Waals surface area contributed by atoms with Gasteiger partial charge in [0.05, 0.1) is 18.2 Å². The number of nitrogens with one attached hydrogen (secondary N) is 2. The highest BCUT2D eigenvalue weighted by Gasteiger charge is 2.38. The minimum atomic E-state index is -1.07. The SMILES string of the molecule is COC1CCC(NCC(O)C(Cc2cc(F)cc(F)c2)NC(=O)OC(C)(C)C)(c2cccc(C(C)(C)C)c2)CC1. The Labute approximate surface area is 237 Å². The summed E-state index contributed by atoms with van der Waals surface area (Å²) in [5.41, 5.74) is 1.52. The zero-order valence-corrected chi connectivity index (χ0v) is 24.9. The van der Waals surface area contributed by atoms with E-state index in [1.807, 2.05) is 0 Å². The van der Waals surface area contributed by atoms with Gasteiger partial charge in [0, 0.05) is 25.3 Å². The lowest BCUT2D eigenvalue weighted by atomic mass is 9.73. The number of methoxy groups -OCH3 is 1. The first kappa shape index (κ1) is 32.0. The molecule has 3 rings (SSSR count). The van der Waals surface area contributed by atoms with Crippen LogP contribution >= 0.6 is 0 Å². The van der Waals surface area contributed by atoms with Crippen LogP contribution in [0.5, 0.6) is 0 Å². The Morgan fingerprint density at radius 1 is 1.05 bits per heavy atom. The Morgan fingerprint density at radius 3 is 2.23 bits per heavy atom. The van der Waals surface area contributed by atoms with Gasteiger partial charge in [-0.2, -0.15) is 0 Å². The van der Waals surface area contributed by atoms with Crippen molar-refractivity contribution in [3.8, 4) is 0 Å². The third-order valence-corrected chi connectivity index (χ3v) is 7.59. The van der Waals surface area contributed by atoms with Crippen LogP contribution in [-0.2, 0) is 26.8 Å². The molecular weight excluding hydrogens is 514 g/mol. The molecule has 40 heavy (non-hydrogen) atoms. The molecule has 6 nitrogen and oxygen atoms in total. The third kappa shape index (κ3) is 8.98. The minimum Gasteiger partial charge on any atom is -0.444 e. The molecular formula is C32H46F2N2O4. The number of hydrogen-bond acceptors (Lipinski definition) is 5. The maximum absolute atomic E-state index is 13.9. The molecule has 1 saturated carbocycles. The second-order valence-corrected chi connectivity index (χ2v) is 13.0. The number of ether oxygens (including phenoxy) is 2. The van der Waals surface area contributed by atoms with Gasteiger partial charge in [0.25, 0.3) is 0 Å². The molecule has 2 unspecified atom stereocenters. The van der Waals surface area contributed by atoms with Crippen LogP contribution in [0.2, 0.25) is 0 Å². The Bertz CT molecular complexity index is 1110. The number of amides is 1. The molecule has 0 saturated heterocycles. The molecule has 0 bridgehead atoms. The maximum Gasteiger partial charge on any atom is 0.407 e. The van der Waals surface area contributed by atoms with Crippen molar-refractivity contribution in [3.05, 3.63) is 70.8 Å². The van der Waals surface area contributed by atoms with E-state index in [2.05, 4.69) is 55.7 Å². The lowest BCUT2D eigenvalue weighted by molar-refractivity contribution is 0.0293. The largest absolute Gasteiger partial charge is 0.444 e. The average molecular weight is 561 g/mol. The van der Waals surface area contributed by atoms with Crippen molar-refractivity contribution in [1.82, 2.24) is 10.6 Å². The predicted octanol–water partition coefficient (Wildman–Crippen LogP) is 6.13. The number of carbonyl (C=O) groups is 1. The molecule has 1 fully saturated rings. The number of aliphatic hydroxyl groups is 1. The summed E-state index contributed by atoms with van der Waals surface area (Å²) < 4.78 is 38.9. The molecule has 0 spiro atoms. The molecule has 1 aliphatic rings. The highest BCUT2D eigenvalue weighted by Crippen LogP contribution is 2.39. The molecule has 2 aromatic carbocycles. The van der Waals surface area contributed by atoms with Gasteiger partial charge < -0.3 is 25.2 Å². The normalized spacial score (nSPS) is 21.5. The fourth-order valence-electron chi connectivity index (χ4n) is 5.34. The van der Waals surface area contributed by atoms with Crippen LogP contribution in [0.1, 0.15) is 83.9 Å². The van der Waals surface area contributed by atoms with E-state index in [-0.39, 0.29) is 24.5 Å². The van der Waals surface area contributed by atoms with Gasteiger partial charge in [-0.05, 0) is 87.1 Å². The molecule has 2 aromatic rings. The molecule has 0 aliphatic heterocycles. The van der Waals surface area contributed by atoms with Gasteiger partial charge in [-0.1, -0.05) is 45.0 Å². The molecule has 1 amide bonds. The van der Waals surface area contributed by atoms with Crippen LogP contribution < -0.4 is 10.6 Å². The minimum absolute atomic E-state index is 0.0228. The number of carbonyl (C=O) groups excluding carboxylic acids is 1. The third-order valence-electron chi connectivity index (χ3n) is 7.59. The van der Waals surface area contributed by atoms with Gasteiger partial charge in [-0.25, -0.2) is 13.6 Å². The monoisotopic (exact) mass is 560 g/mol. The van der Waals surface area contributed by atoms with Crippen molar-refractivity contribution < 1.29 is 28.2 Å². The number of halogens is 2. The summed E-state index contributed by atoms with van der Waals surface area (Å²) in [6.45, 7) is 11.9. The lowest BCUT2D eigenvalue weighted by Crippen LogP contribution is -2.54. The fourth-order valence-corrected chi connectivity index (χ4v) is 5.34. The smallest absolute Gasteiger partial charge is 0.407 e. The Morgan fingerprint density at radius 2 is 1.68 bits per heavy atom. The molecule has 8 heteroatoms. The van der Waals surface area contributed by atoms with Crippen LogP contribution in [0.15, 0.2) is 42.5 Å². The Balaban J connectivity index is 1.86. The summed E-state index contributed by atoms with van der Waals surface area (Å²) in [6.07, 6.45) is 1.77. The van der Waals surface area contributed by atoms with E-state index in [0.29, 0.717) is 5.56 Å².